The number of hydrogen-bond acceptors (Lipinski definition) is 14. The molecule has 212 valence electrons. The Balaban J connectivity index is 1.76. The first kappa shape index (κ1) is 29.9. The van der Waals surface area contributed by atoms with E-state index in [0.717, 1.165) is 18.7 Å². The van der Waals surface area contributed by atoms with Crippen LogP contribution in [0.2, 0.25) is 0 Å². The molecule has 3 rings (SSSR count). The molecule has 2 N–H and O–H groups in total. The number of carbonyl (C=O) groups excluding carboxylic acids is 5. The summed E-state index contributed by atoms with van der Waals surface area (Å²) in [5.74, 6) is -3.65. The molecule has 0 unspecified atom stereocenters. The van der Waals surface area contributed by atoms with Crippen molar-refractivity contribution in [2.75, 3.05) is 13.2 Å². The molecule has 0 aromatic heterocycles. The van der Waals surface area contributed by atoms with Gasteiger partial charge in [-0.1, -0.05) is 0 Å². The Morgan fingerprint density at radius 3 is 2.42 bits per heavy atom. The second-order valence-electron chi connectivity index (χ2n) is 9.38. The molecule has 3 aliphatic heterocycles. The lowest BCUT2D eigenvalue weighted by molar-refractivity contribution is -0.185. The number of phosphoric ester groups is 1. The lowest BCUT2D eigenvalue weighted by atomic mass is 9.92. The Morgan fingerprint density at radius 2 is 1.84 bits per heavy atom. The van der Waals surface area contributed by atoms with E-state index in [1.54, 1.807) is 13.8 Å². The van der Waals surface area contributed by atoms with Crippen molar-refractivity contribution in [1.82, 2.24) is 4.90 Å². The Bertz CT molecular complexity index is 1060. The van der Waals surface area contributed by atoms with Crippen LogP contribution < -0.4 is 5.73 Å². The van der Waals surface area contributed by atoms with Gasteiger partial charge in [-0.25, -0.2) is 9.36 Å². The molecule has 3 aliphatic rings. The summed E-state index contributed by atoms with van der Waals surface area (Å²) in [5, 5.41) is 0. The van der Waals surface area contributed by atoms with E-state index in [0.29, 0.717) is 0 Å². The Morgan fingerprint density at radius 1 is 1.18 bits per heavy atom. The van der Waals surface area contributed by atoms with Gasteiger partial charge in [0.25, 0.3) is 0 Å². The molecule has 3 heterocycles. The summed E-state index contributed by atoms with van der Waals surface area (Å²) < 4.78 is 50.6. The largest absolute Gasteiger partial charge is 0.475 e. The molecule has 16 heteroatoms. The summed E-state index contributed by atoms with van der Waals surface area (Å²) >= 11 is 0. The van der Waals surface area contributed by atoms with Gasteiger partial charge >= 0.3 is 25.7 Å². The zero-order valence-electron chi connectivity index (χ0n) is 21.5. The highest BCUT2D eigenvalue weighted by atomic mass is 31.2. The lowest BCUT2D eigenvalue weighted by Gasteiger charge is -2.38. The number of ether oxygens (including phenoxy) is 4. The van der Waals surface area contributed by atoms with Crippen LogP contribution in [-0.4, -0.2) is 90.0 Å². The van der Waals surface area contributed by atoms with Gasteiger partial charge in [-0.3, -0.25) is 37.6 Å². The van der Waals surface area contributed by atoms with Gasteiger partial charge in [0.1, 0.15) is 18.8 Å². The minimum Gasteiger partial charge on any atom is -0.460 e. The predicted octanol–water partition coefficient (Wildman–Crippen LogP) is 0.0989. The van der Waals surface area contributed by atoms with E-state index in [-0.39, 0.29) is 18.8 Å². The van der Waals surface area contributed by atoms with Crippen LogP contribution in [0.5, 0.6) is 0 Å². The summed E-state index contributed by atoms with van der Waals surface area (Å²) in [5.41, 5.74) is 5.03. The van der Waals surface area contributed by atoms with Crippen molar-refractivity contribution in [3.05, 3.63) is 12.3 Å². The SMILES string of the molecule is CC(=O)O[C@@H](CO[P@@]1(=O)OC[C@H]2O[C@@H](N3C=CC(=O)CC3=O)[C@](C)(N)[C@@H]2O1)[C@@H](OC(C)=O)C(=O)OC(C)C. The van der Waals surface area contributed by atoms with Crippen molar-refractivity contribution in [3.63, 3.8) is 0 Å². The van der Waals surface area contributed by atoms with E-state index in [4.69, 9.17) is 38.3 Å². The number of hydrogen-bond donors (Lipinski definition) is 1. The highest BCUT2D eigenvalue weighted by Gasteiger charge is 2.60. The molecular formula is C22H31N2O13P. The molecule has 2 saturated heterocycles. The Labute approximate surface area is 218 Å². The quantitative estimate of drug-likeness (QED) is 0.172. The highest BCUT2D eigenvalue weighted by Crippen LogP contribution is 2.57. The maximum absolute atomic E-state index is 13.4. The molecule has 0 radical (unpaired) electrons. The second kappa shape index (κ2) is 11.6. The van der Waals surface area contributed by atoms with Gasteiger partial charge in [-0.15, -0.1) is 0 Å². The van der Waals surface area contributed by atoms with Crippen LogP contribution in [-0.2, 0) is 61.1 Å². The van der Waals surface area contributed by atoms with Crippen LogP contribution in [0.3, 0.4) is 0 Å². The fourth-order valence-electron chi connectivity index (χ4n) is 4.07. The minimum absolute atomic E-state index is 0.309. The molecule has 2 fully saturated rings. The third kappa shape index (κ3) is 6.84. The smallest absolute Gasteiger partial charge is 0.460 e. The highest BCUT2D eigenvalue weighted by molar-refractivity contribution is 7.48. The normalized spacial score (nSPS) is 32.5. The fraction of sp³-hybridized carbons (Fsp3) is 0.682. The number of carbonyl (C=O) groups is 5. The van der Waals surface area contributed by atoms with E-state index in [1.165, 1.54) is 19.2 Å². The average Bonchev–Trinajstić information content (AvgIpc) is 3.04. The van der Waals surface area contributed by atoms with Crippen LogP contribution >= 0.6 is 7.82 Å². The van der Waals surface area contributed by atoms with E-state index in [2.05, 4.69) is 0 Å². The van der Waals surface area contributed by atoms with Crippen LogP contribution in [0, 0.1) is 0 Å². The molecule has 0 saturated carbocycles. The first-order chi connectivity index (χ1) is 17.6. The van der Waals surface area contributed by atoms with Gasteiger partial charge in [0, 0.05) is 20.0 Å². The molecule has 0 bridgehead atoms. The monoisotopic (exact) mass is 562 g/mol. The predicted molar refractivity (Wildman–Crippen MR) is 124 cm³/mol. The van der Waals surface area contributed by atoms with E-state index >= 15 is 0 Å². The summed E-state index contributed by atoms with van der Waals surface area (Å²) in [4.78, 5) is 60.9. The number of nitrogens with two attached hydrogens (primary N) is 1. The summed E-state index contributed by atoms with van der Waals surface area (Å²) in [6.07, 6.45) is -4.78. The third-order valence-corrected chi connectivity index (χ3v) is 7.06. The number of esters is 3. The Hall–Kier alpha value is -2.68. The van der Waals surface area contributed by atoms with Gasteiger partial charge in [0.05, 0.1) is 24.7 Å². The molecule has 1 amide bonds. The molecule has 0 aromatic rings. The van der Waals surface area contributed by atoms with Gasteiger partial charge in [0.2, 0.25) is 12.0 Å². The van der Waals surface area contributed by atoms with Crippen LogP contribution in [0.1, 0.15) is 41.0 Å². The summed E-state index contributed by atoms with van der Waals surface area (Å²) in [6.45, 7) is 5.65. The number of rotatable bonds is 9. The maximum atomic E-state index is 13.4. The molecule has 0 aromatic carbocycles. The van der Waals surface area contributed by atoms with E-state index < -0.39 is 80.5 Å². The Kier molecular flexibility index (Phi) is 9.12. The number of fused-ring (bicyclic) bond motifs is 1. The van der Waals surface area contributed by atoms with Crippen molar-refractivity contribution < 1.29 is 61.1 Å². The van der Waals surface area contributed by atoms with Crippen LogP contribution in [0.4, 0.5) is 0 Å². The topological polar surface area (TPSA) is 196 Å². The fourth-order valence-corrected chi connectivity index (χ4v) is 5.57. The number of allylic oxidation sites excluding steroid dienone is 1. The average molecular weight is 562 g/mol. The first-order valence-corrected chi connectivity index (χ1v) is 13.2. The number of ketones is 1. The lowest BCUT2D eigenvalue weighted by Crippen LogP contribution is -2.60. The van der Waals surface area contributed by atoms with Crippen molar-refractivity contribution in [2.24, 2.45) is 5.73 Å². The van der Waals surface area contributed by atoms with Gasteiger partial charge < -0.3 is 24.7 Å². The van der Waals surface area contributed by atoms with Gasteiger partial charge in [0.15, 0.2) is 18.1 Å². The number of nitrogens with zero attached hydrogens (tertiary/aromatic N) is 1. The molecule has 7 atom stereocenters. The van der Waals surface area contributed by atoms with Crippen LogP contribution in [0.15, 0.2) is 12.3 Å². The van der Waals surface area contributed by atoms with Gasteiger partial charge in [-0.05, 0) is 26.8 Å². The number of phosphoric acid groups is 1. The van der Waals surface area contributed by atoms with Gasteiger partial charge in [-0.2, -0.15) is 0 Å². The summed E-state index contributed by atoms with van der Waals surface area (Å²) in [6, 6.07) is 0. The molecular weight excluding hydrogens is 531 g/mol. The first-order valence-electron chi connectivity index (χ1n) is 11.7. The zero-order valence-corrected chi connectivity index (χ0v) is 22.4. The van der Waals surface area contributed by atoms with E-state index in [1.807, 2.05) is 0 Å². The van der Waals surface area contributed by atoms with Crippen molar-refractivity contribution in [2.45, 2.75) is 83.3 Å². The standard InChI is InChI=1S/C22H31N2O13P/c1-11(2)33-20(29)18(35-13(4)26)15(34-12(3)25)9-31-38(30)32-10-16-19(37-38)22(5,23)21(36-16)24-7-6-14(27)8-17(24)28/h6-7,11,15-16,18-19,21H,8-10,23H2,1-5H3/t15-,16+,18+,19+,21+,22+,38-/m0/s1. The third-order valence-electron chi connectivity index (χ3n) is 5.64. The van der Waals surface area contributed by atoms with Crippen molar-refractivity contribution in [1.29, 1.82) is 0 Å². The zero-order chi connectivity index (χ0) is 28.4. The minimum atomic E-state index is -4.40. The maximum Gasteiger partial charge on any atom is 0.475 e. The van der Waals surface area contributed by atoms with Crippen molar-refractivity contribution in [3.8, 4) is 0 Å². The molecule has 0 aliphatic carbocycles. The molecule has 38 heavy (non-hydrogen) atoms. The van der Waals surface area contributed by atoms with Crippen molar-refractivity contribution >= 4 is 37.4 Å². The van der Waals surface area contributed by atoms with E-state index in [9.17, 15) is 28.5 Å². The second-order valence-corrected chi connectivity index (χ2v) is 11.0. The number of amides is 1. The van der Waals surface area contributed by atoms with Crippen LogP contribution in [0.25, 0.3) is 0 Å². The summed E-state index contributed by atoms with van der Waals surface area (Å²) in [7, 11) is -4.40. The molecule has 15 nitrogen and oxygen atoms in total. The molecule has 0 spiro atoms.